The van der Waals surface area contributed by atoms with Gasteiger partial charge >= 0.3 is 0 Å². The fourth-order valence-corrected chi connectivity index (χ4v) is 12.5. The number of pyridine rings is 1. The molecule has 0 bridgehead atoms. The Bertz CT molecular complexity index is 4990. The number of anilines is 4. The van der Waals surface area contributed by atoms with E-state index < -0.39 is 24.4 Å². The molecule has 0 spiro atoms. The van der Waals surface area contributed by atoms with E-state index in [0.29, 0.717) is 39.2 Å². The average Bonchev–Trinajstić information content (AvgIpc) is 1.46. The van der Waals surface area contributed by atoms with E-state index in [4.69, 9.17) is 16.6 Å². The number of benzene rings is 9. The van der Waals surface area contributed by atoms with Gasteiger partial charge in [0.25, 0.3) is 0 Å². The minimum atomic E-state index is -2.63. The third-order valence-corrected chi connectivity index (χ3v) is 17.6. The van der Waals surface area contributed by atoms with Crippen molar-refractivity contribution in [2.75, 3.05) is 9.80 Å². The fourth-order valence-electron chi connectivity index (χ4n) is 12.5. The molecule has 5 nitrogen and oxygen atoms in total. The van der Waals surface area contributed by atoms with Crippen LogP contribution in [0.25, 0.3) is 72.1 Å². The maximum absolute atomic E-state index is 9.97. The minimum absolute atomic E-state index is 0. The third-order valence-electron chi connectivity index (χ3n) is 17.6. The molecular weight excluding hydrogens is 1240 g/mol. The zero-order chi connectivity index (χ0) is 69.7. The summed E-state index contributed by atoms with van der Waals surface area (Å²) in [5, 5.41) is 0.637. The van der Waals surface area contributed by atoms with Gasteiger partial charge in [-0.3, -0.25) is 0 Å². The van der Waals surface area contributed by atoms with Crippen molar-refractivity contribution in [3.8, 4) is 61.8 Å². The van der Waals surface area contributed by atoms with Crippen molar-refractivity contribution >= 4 is 44.6 Å². The Labute approximate surface area is 546 Å². The van der Waals surface area contributed by atoms with Gasteiger partial charge in [0, 0.05) is 82.1 Å². The molecule has 87 heavy (non-hydrogen) atoms. The average molecular weight is 1330 g/mol. The number of fused-ring (bicyclic) bond motifs is 5. The summed E-state index contributed by atoms with van der Waals surface area (Å²) in [6, 6.07) is 49.5. The van der Waals surface area contributed by atoms with E-state index in [0.717, 1.165) is 68.7 Å². The Balaban J connectivity index is 0.00000914. The van der Waals surface area contributed by atoms with Gasteiger partial charge in [0.15, 0.2) is 0 Å². The Hall–Kier alpha value is -7.98. The summed E-state index contributed by atoms with van der Waals surface area (Å²) in [6.07, 6.45) is 3.46. The number of nitrogens with zero attached hydrogens (tertiary/aromatic N) is 4. The van der Waals surface area contributed by atoms with Crippen molar-refractivity contribution < 1.29 is 40.9 Å². The predicted octanol–water partition coefficient (Wildman–Crippen LogP) is 22.2. The van der Waals surface area contributed by atoms with Crippen LogP contribution in [-0.2, 0) is 48.1 Å². The zero-order valence-electron chi connectivity index (χ0n) is 62.9. The van der Waals surface area contributed by atoms with Gasteiger partial charge in [-0.2, -0.15) is 12.1 Å². The van der Waals surface area contributed by atoms with Crippen molar-refractivity contribution in [3.63, 3.8) is 0 Å². The molecule has 2 aliphatic rings. The van der Waals surface area contributed by atoms with E-state index >= 15 is 0 Å². The van der Waals surface area contributed by atoms with Gasteiger partial charge in [-0.15, -0.1) is 48.1 Å². The topological polar surface area (TPSA) is 33.5 Å². The number of para-hydroxylation sites is 3. The van der Waals surface area contributed by atoms with Crippen LogP contribution < -0.4 is 14.5 Å². The molecule has 0 saturated heterocycles. The molecule has 6 heteroatoms. The van der Waals surface area contributed by atoms with E-state index in [2.05, 4.69) is 137 Å². The van der Waals surface area contributed by atoms with Crippen molar-refractivity contribution in [1.29, 1.82) is 0 Å². The van der Waals surface area contributed by atoms with Gasteiger partial charge in [0.1, 0.15) is 5.82 Å². The summed E-state index contributed by atoms with van der Waals surface area (Å²) < 4.78 is 111. The molecular formula is C81H79N4OPt-3. The number of aryl methyl sites for hydroxylation is 1. The van der Waals surface area contributed by atoms with Crippen molar-refractivity contribution in [2.24, 2.45) is 0 Å². The smallest absolute Gasteiger partial charge is 0.135 e. The SMILES string of the molecule is [2H]c1c([2H])c(-c2cc(C(C)(C)C)cc(-c3cc(C(C)(C)C)cc(C(C)(C)C)c3)c2N2[CH-]N(c3[c-]c(Oc4[c-]c5c(cc4)c4c([2H])c([2H])c([2H])c([2H])c4n5-c4cc(C([2H])([2H])[2H])c(-c5cccc6c5C(C)(C)CCC6(C)C)cn4)ccc3)c3ccccc32)c([2H])c([2H])c1-c1ccccc1.[Pt]. The van der Waals surface area contributed by atoms with E-state index in [-0.39, 0.29) is 124 Å². The van der Waals surface area contributed by atoms with Gasteiger partial charge < -0.3 is 19.1 Å². The number of hydrogen-bond donors (Lipinski definition) is 0. The van der Waals surface area contributed by atoms with Gasteiger partial charge in [-0.25, -0.2) is 4.98 Å². The van der Waals surface area contributed by atoms with Crippen LogP contribution in [0, 0.1) is 25.7 Å². The van der Waals surface area contributed by atoms with E-state index in [1.807, 2.05) is 96.5 Å². The van der Waals surface area contributed by atoms with Crippen LogP contribution in [0.2, 0.25) is 0 Å². The molecule has 0 N–H and O–H groups in total. The summed E-state index contributed by atoms with van der Waals surface area (Å²) in [4.78, 5) is 9.10. The van der Waals surface area contributed by atoms with E-state index in [1.54, 1.807) is 29.0 Å². The summed E-state index contributed by atoms with van der Waals surface area (Å²) in [6.45, 7) is 27.9. The minimum Gasteiger partial charge on any atom is -0.509 e. The summed E-state index contributed by atoms with van der Waals surface area (Å²) >= 11 is 0. The first-order valence-corrected chi connectivity index (χ1v) is 29.8. The zero-order valence-corrected chi connectivity index (χ0v) is 54.1. The maximum atomic E-state index is 9.97. The summed E-state index contributed by atoms with van der Waals surface area (Å²) in [5.41, 5.74) is 11.8. The van der Waals surface area contributed by atoms with E-state index in [9.17, 15) is 8.22 Å². The van der Waals surface area contributed by atoms with Gasteiger partial charge in [0.2, 0.25) is 0 Å². The Morgan fingerprint density at radius 2 is 1.15 bits per heavy atom. The van der Waals surface area contributed by atoms with Gasteiger partial charge in [-0.05, 0) is 150 Å². The van der Waals surface area contributed by atoms with Crippen LogP contribution in [-0.4, -0.2) is 9.55 Å². The number of hydrogen-bond acceptors (Lipinski definition) is 4. The van der Waals surface area contributed by atoms with Crippen molar-refractivity contribution in [3.05, 3.63) is 246 Å². The Morgan fingerprint density at radius 3 is 1.84 bits per heavy atom. The molecule has 3 heterocycles. The Kier molecular flexibility index (Phi) is 11.9. The third kappa shape index (κ3) is 10.9. The molecule has 0 amide bonds. The molecule has 11 aromatic rings. The maximum Gasteiger partial charge on any atom is 0.135 e. The fraction of sp³-hybridized carbons (Fsp3) is 0.259. The second-order valence-electron chi connectivity index (χ2n) is 27.7. The summed E-state index contributed by atoms with van der Waals surface area (Å²) in [7, 11) is 0. The molecule has 0 radical (unpaired) electrons. The van der Waals surface area contributed by atoms with Gasteiger partial charge in [-0.1, -0.05) is 217 Å². The molecule has 1 aliphatic heterocycles. The number of aromatic nitrogens is 2. The monoisotopic (exact) mass is 1330 g/mol. The first-order chi connectivity index (χ1) is 45.5. The van der Waals surface area contributed by atoms with Crippen LogP contribution in [0.4, 0.5) is 22.7 Å². The normalized spacial score (nSPS) is 16.6. The molecule has 1 aliphatic carbocycles. The predicted molar refractivity (Wildman–Crippen MR) is 362 cm³/mol. The molecule has 0 fully saturated rings. The van der Waals surface area contributed by atoms with Crippen molar-refractivity contribution in [2.45, 2.75) is 137 Å². The summed E-state index contributed by atoms with van der Waals surface area (Å²) in [5.74, 6) is 0.623. The second kappa shape index (κ2) is 22.0. The standard InChI is InChI=1S/C81H79N4O.Pt/c1-52-42-74(82-50-68(52)65-29-23-30-69-75(65)81(13,14)41-40-80(69,11)12)85-70-31-19-18-28-63(70)64-39-38-62(49-73(64)85)86-61-27-22-26-60(48-61)83-51-84(72-33-21-20-32-71(72)83)76-66(55-36-34-54(35-37-55)53-24-16-15-17-25-53)46-59(79(8,9)10)47-67(76)56-43-57(77(2,3)4)45-58(44-56)78(5,6)7;/h15-39,42-47,50-51H,40-41H2,1-14H3;/q-3;/i1D3,18D,19D,28D,31D,34D,35D,36D,37D;. The largest absolute Gasteiger partial charge is 0.509 e. The van der Waals surface area contributed by atoms with Crippen LogP contribution >= 0.6 is 0 Å². The van der Waals surface area contributed by atoms with Crippen LogP contribution in [0.3, 0.4) is 0 Å². The molecule has 0 saturated carbocycles. The van der Waals surface area contributed by atoms with Gasteiger partial charge in [0.05, 0.1) is 11.0 Å². The van der Waals surface area contributed by atoms with Crippen LogP contribution in [0.1, 0.15) is 151 Å². The number of rotatable bonds is 9. The van der Waals surface area contributed by atoms with Crippen LogP contribution in [0.5, 0.6) is 11.5 Å². The van der Waals surface area contributed by atoms with E-state index in [1.165, 1.54) is 6.07 Å². The first-order valence-electron chi connectivity index (χ1n) is 35.3. The molecule has 442 valence electrons. The molecule has 2 aromatic heterocycles. The molecule has 0 atom stereocenters. The first kappa shape index (κ1) is 47.1. The quantitative estimate of drug-likeness (QED) is 0.135. The molecule has 9 aromatic carbocycles. The number of ether oxygens (including phenoxy) is 1. The molecule has 13 rings (SSSR count). The van der Waals surface area contributed by atoms with Crippen LogP contribution in [0.15, 0.2) is 194 Å². The Morgan fingerprint density at radius 1 is 0.540 bits per heavy atom. The molecule has 0 unspecified atom stereocenters. The second-order valence-corrected chi connectivity index (χ2v) is 27.7. The van der Waals surface area contributed by atoms with Crippen molar-refractivity contribution in [1.82, 2.24) is 9.55 Å².